The van der Waals surface area contributed by atoms with Gasteiger partial charge in [0.25, 0.3) is 0 Å². The number of hydrogen-bond acceptors (Lipinski definition) is 7. The fraction of sp³-hybridized carbons (Fsp3) is 0.286. The second kappa shape index (κ2) is 10.2. The van der Waals surface area contributed by atoms with E-state index in [9.17, 15) is 14.3 Å². The van der Waals surface area contributed by atoms with Crippen LogP contribution in [0.1, 0.15) is 17.3 Å². The van der Waals surface area contributed by atoms with Gasteiger partial charge in [-0.1, -0.05) is 23.9 Å². The third-order valence-corrected chi connectivity index (χ3v) is 5.33. The van der Waals surface area contributed by atoms with Crippen molar-refractivity contribution in [1.82, 2.24) is 14.8 Å². The molecule has 9 heteroatoms. The van der Waals surface area contributed by atoms with Crippen LogP contribution in [0.2, 0.25) is 0 Å². The maximum atomic E-state index is 14.0. The van der Waals surface area contributed by atoms with Gasteiger partial charge in [0, 0.05) is 12.8 Å². The van der Waals surface area contributed by atoms with Gasteiger partial charge in [0.15, 0.2) is 11.0 Å². The van der Waals surface area contributed by atoms with Crippen LogP contribution in [0.4, 0.5) is 4.39 Å². The molecule has 2 aromatic carbocycles. The fourth-order valence-corrected chi connectivity index (χ4v) is 3.45. The first-order chi connectivity index (χ1) is 14.5. The molecule has 0 aliphatic heterocycles. The van der Waals surface area contributed by atoms with Crippen molar-refractivity contribution in [2.45, 2.75) is 18.2 Å². The van der Waals surface area contributed by atoms with E-state index < -0.39 is 6.10 Å². The Morgan fingerprint density at radius 1 is 1.20 bits per heavy atom. The molecule has 0 aliphatic rings. The number of aromatic nitrogens is 3. The molecular formula is C21H22FN3O4S. The molecule has 7 nitrogen and oxygen atoms in total. The maximum Gasteiger partial charge on any atom is 0.338 e. The highest BCUT2D eigenvalue weighted by molar-refractivity contribution is 7.99. The number of carbonyl (C=O) groups excluding carboxylic acids is 1. The number of esters is 1. The zero-order chi connectivity index (χ0) is 21.5. The topological polar surface area (TPSA) is 86.5 Å². The highest BCUT2D eigenvalue weighted by atomic mass is 32.2. The zero-order valence-electron chi connectivity index (χ0n) is 16.6. The van der Waals surface area contributed by atoms with Crippen molar-refractivity contribution in [1.29, 1.82) is 0 Å². The number of halogens is 1. The minimum atomic E-state index is -0.756. The number of hydrogen-bond donors (Lipinski definition) is 1. The van der Waals surface area contributed by atoms with Crippen molar-refractivity contribution < 1.29 is 23.8 Å². The molecule has 3 aromatic rings. The van der Waals surface area contributed by atoms with Gasteiger partial charge in [-0.05, 0) is 43.3 Å². The predicted octanol–water partition coefficient (Wildman–Crippen LogP) is 3.33. The molecule has 0 saturated carbocycles. The lowest BCUT2D eigenvalue weighted by Gasteiger charge is -2.12. The minimum Gasteiger partial charge on any atom is -0.491 e. The van der Waals surface area contributed by atoms with Crippen LogP contribution in [0.25, 0.3) is 11.4 Å². The summed E-state index contributed by atoms with van der Waals surface area (Å²) in [6, 6.07) is 12.9. The SMILES string of the molecule is CCOC(=O)c1ccc(OCC(O)CSc2nnc(-c3ccccc3F)n2C)cc1. The van der Waals surface area contributed by atoms with Crippen molar-refractivity contribution in [3.8, 4) is 17.1 Å². The standard InChI is InChI=1S/C21H22FN3O4S/c1-3-28-20(27)14-8-10-16(11-9-14)29-12-15(26)13-30-21-24-23-19(25(21)2)17-6-4-5-7-18(17)22/h4-11,15,26H,3,12-13H2,1-2H3. The molecule has 1 N–H and O–H groups in total. The van der Waals surface area contributed by atoms with E-state index in [4.69, 9.17) is 9.47 Å². The summed E-state index contributed by atoms with van der Waals surface area (Å²) >= 11 is 1.30. The van der Waals surface area contributed by atoms with Crippen LogP contribution in [-0.4, -0.2) is 50.9 Å². The Balaban J connectivity index is 1.51. The molecule has 1 unspecified atom stereocenters. The van der Waals surface area contributed by atoms with E-state index in [2.05, 4.69) is 10.2 Å². The molecule has 1 atom stereocenters. The molecule has 3 rings (SSSR count). The molecule has 0 amide bonds. The van der Waals surface area contributed by atoms with Gasteiger partial charge < -0.3 is 19.1 Å². The summed E-state index contributed by atoms with van der Waals surface area (Å²) in [5, 5.41) is 18.9. The number of aliphatic hydroxyl groups excluding tert-OH is 1. The smallest absolute Gasteiger partial charge is 0.338 e. The highest BCUT2D eigenvalue weighted by Gasteiger charge is 2.16. The van der Waals surface area contributed by atoms with Crippen molar-refractivity contribution in [3.05, 3.63) is 59.9 Å². The first-order valence-corrected chi connectivity index (χ1v) is 10.3. The van der Waals surface area contributed by atoms with Crippen LogP contribution in [0.3, 0.4) is 0 Å². The van der Waals surface area contributed by atoms with Crippen LogP contribution < -0.4 is 4.74 Å². The lowest BCUT2D eigenvalue weighted by molar-refractivity contribution is 0.0526. The molecule has 0 aliphatic carbocycles. The van der Waals surface area contributed by atoms with E-state index in [0.717, 1.165) is 0 Å². The highest BCUT2D eigenvalue weighted by Crippen LogP contribution is 2.25. The summed E-state index contributed by atoms with van der Waals surface area (Å²) in [6.07, 6.45) is -0.756. The molecule has 0 fully saturated rings. The quantitative estimate of drug-likeness (QED) is 0.411. The monoisotopic (exact) mass is 431 g/mol. The first kappa shape index (κ1) is 21.8. The van der Waals surface area contributed by atoms with Gasteiger partial charge >= 0.3 is 5.97 Å². The Bertz CT molecular complexity index is 994. The molecule has 30 heavy (non-hydrogen) atoms. The molecule has 1 aromatic heterocycles. The number of aliphatic hydroxyl groups is 1. The third-order valence-electron chi connectivity index (χ3n) is 4.16. The predicted molar refractivity (Wildman–Crippen MR) is 111 cm³/mol. The molecule has 0 spiro atoms. The van der Waals surface area contributed by atoms with E-state index in [1.165, 1.54) is 17.8 Å². The van der Waals surface area contributed by atoms with E-state index in [0.29, 0.717) is 40.2 Å². The van der Waals surface area contributed by atoms with Crippen molar-refractivity contribution in [3.63, 3.8) is 0 Å². The molecule has 0 bridgehead atoms. The van der Waals surface area contributed by atoms with Gasteiger partial charge in [0.2, 0.25) is 0 Å². The van der Waals surface area contributed by atoms with Gasteiger partial charge in [0.1, 0.15) is 18.2 Å². The number of benzene rings is 2. The van der Waals surface area contributed by atoms with Crippen LogP contribution >= 0.6 is 11.8 Å². The molecule has 0 radical (unpaired) electrons. The third kappa shape index (κ3) is 5.37. The van der Waals surface area contributed by atoms with Crippen molar-refractivity contribution in [2.24, 2.45) is 7.05 Å². The van der Waals surface area contributed by atoms with Crippen LogP contribution in [0.5, 0.6) is 5.75 Å². The summed E-state index contributed by atoms with van der Waals surface area (Å²) in [7, 11) is 1.75. The number of rotatable bonds is 9. The summed E-state index contributed by atoms with van der Waals surface area (Å²) in [4.78, 5) is 11.6. The maximum absolute atomic E-state index is 14.0. The molecule has 158 valence electrons. The van der Waals surface area contributed by atoms with Crippen LogP contribution in [0, 0.1) is 5.82 Å². The zero-order valence-corrected chi connectivity index (χ0v) is 17.4. The Morgan fingerprint density at radius 2 is 1.93 bits per heavy atom. The largest absolute Gasteiger partial charge is 0.491 e. The number of nitrogens with zero attached hydrogens (tertiary/aromatic N) is 3. The summed E-state index contributed by atoms with van der Waals surface area (Å²) in [5.41, 5.74) is 0.808. The molecule has 0 saturated heterocycles. The van der Waals surface area contributed by atoms with E-state index >= 15 is 0 Å². The van der Waals surface area contributed by atoms with Gasteiger partial charge in [-0.15, -0.1) is 10.2 Å². The van der Waals surface area contributed by atoms with Gasteiger partial charge in [-0.2, -0.15) is 0 Å². The number of thioether (sulfide) groups is 1. The van der Waals surface area contributed by atoms with Gasteiger partial charge in [-0.3, -0.25) is 0 Å². The Hall–Kier alpha value is -2.91. The summed E-state index contributed by atoms with van der Waals surface area (Å²) in [5.74, 6) is 0.519. The van der Waals surface area contributed by atoms with E-state index in [1.807, 2.05) is 0 Å². The Labute approximate surface area is 177 Å². The molecule has 1 heterocycles. The minimum absolute atomic E-state index is 0.0732. The summed E-state index contributed by atoms with van der Waals surface area (Å²) in [6.45, 7) is 2.13. The van der Waals surface area contributed by atoms with Crippen LogP contribution in [-0.2, 0) is 11.8 Å². The first-order valence-electron chi connectivity index (χ1n) is 9.34. The second-order valence-corrected chi connectivity index (χ2v) is 7.35. The van der Waals surface area contributed by atoms with E-state index in [1.54, 1.807) is 61.0 Å². The van der Waals surface area contributed by atoms with Crippen molar-refractivity contribution >= 4 is 17.7 Å². The Kier molecular flexibility index (Phi) is 7.42. The molecular weight excluding hydrogens is 409 g/mol. The lowest BCUT2D eigenvalue weighted by atomic mass is 10.2. The van der Waals surface area contributed by atoms with Gasteiger partial charge in [-0.25, -0.2) is 9.18 Å². The van der Waals surface area contributed by atoms with Crippen LogP contribution in [0.15, 0.2) is 53.7 Å². The normalized spacial score (nSPS) is 11.9. The fourth-order valence-electron chi connectivity index (χ4n) is 2.63. The Morgan fingerprint density at radius 3 is 2.63 bits per heavy atom. The van der Waals surface area contributed by atoms with E-state index in [-0.39, 0.29) is 18.4 Å². The summed E-state index contributed by atoms with van der Waals surface area (Å²) < 4.78 is 26.2. The average Bonchev–Trinajstić information content (AvgIpc) is 3.12. The average molecular weight is 431 g/mol. The van der Waals surface area contributed by atoms with Gasteiger partial charge in [0.05, 0.1) is 23.8 Å². The lowest BCUT2D eigenvalue weighted by Crippen LogP contribution is -2.20. The second-order valence-electron chi connectivity index (χ2n) is 6.37. The number of ether oxygens (including phenoxy) is 2. The number of carbonyl (C=O) groups is 1. The van der Waals surface area contributed by atoms with Crippen molar-refractivity contribution in [2.75, 3.05) is 19.0 Å².